The Morgan fingerprint density at radius 2 is 1.21 bits per heavy atom. The Bertz CT molecular complexity index is 939. The first-order valence-electron chi connectivity index (χ1n) is 9.39. The summed E-state index contributed by atoms with van der Waals surface area (Å²) in [5.74, 6) is 1.26. The summed E-state index contributed by atoms with van der Waals surface area (Å²) in [7, 11) is 0. The number of hydrogen-bond donors (Lipinski definition) is 3. The molecule has 3 aromatic carbocycles. The van der Waals surface area contributed by atoms with Gasteiger partial charge in [-0.2, -0.15) is 0 Å². The van der Waals surface area contributed by atoms with E-state index in [-0.39, 0.29) is 18.4 Å². The molecule has 0 unspecified atom stereocenters. The van der Waals surface area contributed by atoms with Crippen molar-refractivity contribution in [1.29, 1.82) is 0 Å². The van der Waals surface area contributed by atoms with E-state index in [0.29, 0.717) is 17.9 Å². The molecule has 0 spiro atoms. The van der Waals surface area contributed by atoms with Crippen molar-refractivity contribution in [2.45, 2.75) is 13.3 Å². The lowest BCUT2D eigenvalue weighted by atomic mass is 10.2. The van der Waals surface area contributed by atoms with Gasteiger partial charge in [-0.05, 0) is 60.7 Å². The van der Waals surface area contributed by atoms with Gasteiger partial charge in [0.15, 0.2) is 0 Å². The highest BCUT2D eigenvalue weighted by atomic mass is 16.5. The fourth-order valence-corrected chi connectivity index (χ4v) is 2.54. The molecule has 6 nitrogen and oxygen atoms in total. The van der Waals surface area contributed by atoms with Crippen LogP contribution in [0.5, 0.6) is 11.5 Å². The zero-order valence-electron chi connectivity index (χ0n) is 16.1. The molecular formula is C23H23N3O3. The third-order valence-corrected chi connectivity index (χ3v) is 4.06. The fraction of sp³-hybridized carbons (Fsp3) is 0.130. The first kappa shape index (κ1) is 19.9. The quantitative estimate of drug-likeness (QED) is 0.513. The average Bonchev–Trinajstić information content (AvgIpc) is 2.75. The molecule has 29 heavy (non-hydrogen) atoms. The Morgan fingerprint density at radius 1 is 0.690 bits per heavy atom. The van der Waals surface area contributed by atoms with Crippen molar-refractivity contribution in [1.82, 2.24) is 0 Å². The maximum absolute atomic E-state index is 12.2. The average molecular weight is 389 g/mol. The molecule has 0 radical (unpaired) electrons. The molecule has 6 heteroatoms. The van der Waals surface area contributed by atoms with E-state index in [2.05, 4.69) is 16.0 Å². The smallest absolute Gasteiger partial charge is 0.243 e. The molecule has 0 aromatic heterocycles. The van der Waals surface area contributed by atoms with Crippen LogP contribution >= 0.6 is 0 Å². The number of carbonyl (C=O) groups is 2. The summed E-state index contributed by atoms with van der Waals surface area (Å²) < 4.78 is 5.73. The number of anilines is 3. The number of rotatable bonds is 8. The molecule has 2 amide bonds. The minimum absolute atomic E-state index is 0.0368. The van der Waals surface area contributed by atoms with Crippen LogP contribution in [-0.2, 0) is 9.59 Å². The van der Waals surface area contributed by atoms with Gasteiger partial charge >= 0.3 is 0 Å². The lowest BCUT2D eigenvalue weighted by Crippen LogP contribution is -2.21. The van der Waals surface area contributed by atoms with Crippen LogP contribution in [0.4, 0.5) is 17.1 Å². The van der Waals surface area contributed by atoms with E-state index in [0.717, 1.165) is 17.1 Å². The molecule has 0 aliphatic heterocycles. The van der Waals surface area contributed by atoms with Gasteiger partial charge < -0.3 is 20.7 Å². The number of para-hydroxylation sites is 1. The van der Waals surface area contributed by atoms with Crippen LogP contribution in [0.1, 0.15) is 13.3 Å². The van der Waals surface area contributed by atoms with Crippen LogP contribution in [0.25, 0.3) is 0 Å². The van der Waals surface area contributed by atoms with E-state index in [1.165, 1.54) is 0 Å². The van der Waals surface area contributed by atoms with Crippen molar-refractivity contribution in [3.63, 3.8) is 0 Å². The lowest BCUT2D eigenvalue weighted by Gasteiger charge is -2.10. The van der Waals surface area contributed by atoms with Crippen molar-refractivity contribution in [3.05, 3.63) is 78.9 Å². The first-order valence-corrected chi connectivity index (χ1v) is 9.39. The van der Waals surface area contributed by atoms with Crippen molar-refractivity contribution < 1.29 is 14.3 Å². The number of benzene rings is 3. The molecule has 0 aliphatic carbocycles. The van der Waals surface area contributed by atoms with E-state index in [9.17, 15) is 9.59 Å². The van der Waals surface area contributed by atoms with Gasteiger partial charge in [0.05, 0.1) is 6.54 Å². The summed E-state index contributed by atoms with van der Waals surface area (Å²) in [5, 5.41) is 8.67. The predicted molar refractivity (Wildman–Crippen MR) is 115 cm³/mol. The highest BCUT2D eigenvalue weighted by molar-refractivity contribution is 5.94. The summed E-state index contributed by atoms with van der Waals surface area (Å²) in [5.41, 5.74) is 2.21. The maximum Gasteiger partial charge on any atom is 0.243 e. The third kappa shape index (κ3) is 6.39. The van der Waals surface area contributed by atoms with Gasteiger partial charge in [0, 0.05) is 23.5 Å². The standard InChI is InChI=1S/C23H23N3O3/c1-2-22(27)25-18-10-8-17(9-11-18)24-16-23(28)26-19-12-14-21(15-13-19)29-20-6-4-3-5-7-20/h3-15,24H,2,16H2,1H3,(H,25,27)(H,26,28). The van der Waals surface area contributed by atoms with E-state index < -0.39 is 0 Å². The predicted octanol–water partition coefficient (Wildman–Crippen LogP) is 4.88. The molecule has 0 saturated carbocycles. The van der Waals surface area contributed by atoms with Crippen LogP contribution < -0.4 is 20.7 Å². The van der Waals surface area contributed by atoms with E-state index >= 15 is 0 Å². The summed E-state index contributed by atoms with van der Waals surface area (Å²) >= 11 is 0. The Morgan fingerprint density at radius 3 is 1.83 bits per heavy atom. The molecule has 0 atom stereocenters. The SMILES string of the molecule is CCC(=O)Nc1ccc(NCC(=O)Nc2ccc(Oc3ccccc3)cc2)cc1. The molecule has 3 aromatic rings. The van der Waals surface area contributed by atoms with Crippen molar-refractivity contribution >= 4 is 28.9 Å². The van der Waals surface area contributed by atoms with Gasteiger partial charge in [0.1, 0.15) is 11.5 Å². The van der Waals surface area contributed by atoms with Crippen molar-refractivity contribution in [3.8, 4) is 11.5 Å². The maximum atomic E-state index is 12.2. The van der Waals surface area contributed by atoms with Crippen LogP contribution in [-0.4, -0.2) is 18.4 Å². The summed E-state index contributed by atoms with van der Waals surface area (Å²) in [6, 6.07) is 23.9. The van der Waals surface area contributed by atoms with Crippen LogP contribution in [0, 0.1) is 0 Å². The lowest BCUT2D eigenvalue weighted by molar-refractivity contribution is -0.116. The third-order valence-electron chi connectivity index (χ3n) is 4.06. The Labute approximate surface area is 169 Å². The van der Waals surface area contributed by atoms with Gasteiger partial charge in [0.2, 0.25) is 11.8 Å². The van der Waals surface area contributed by atoms with Crippen molar-refractivity contribution in [2.75, 3.05) is 22.5 Å². The molecule has 148 valence electrons. The van der Waals surface area contributed by atoms with E-state index in [1.807, 2.05) is 42.5 Å². The first-order chi connectivity index (χ1) is 14.1. The molecule has 0 aliphatic rings. The van der Waals surface area contributed by atoms with Crippen LogP contribution in [0.3, 0.4) is 0 Å². The van der Waals surface area contributed by atoms with Crippen LogP contribution in [0.2, 0.25) is 0 Å². The fourth-order valence-electron chi connectivity index (χ4n) is 2.54. The highest BCUT2D eigenvalue weighted by Gasteiger charge is 2.04. The topological polar surface area (TPSA) is 79.5 Å². The summed E-state index contributed by atoms with van der Waals surface area (Å²) in [6.45, 7) is 1.93. The van der Waals surface area contributed by atoms with Gasteiger partial charge in [-0.3, -0.25) is 9.59 Å². The molecule has 0 fully saturated rings. The second-order valence-corrected chi connectivity index (χ2v) is 6.32. The highest BCUT2D eigenvalue weighted by Crippen LogP contribution is 2.22. The number of hydrogen-bond acceptors (Lipinski definition) is 4. The Hall–Kier alpha value is -3.80. The molecule has 3 rings (SSSR count). The number of nitrogens with one attached hydrogen (secondary N) is 3. The van der Waals surface area contributed by atoms with Crippen LogP contribution in [0.15, 0.2) is 78.9 Å². The molecule has 3 N–H and O–H groups in total. The number of amides is 2. The normalized spacial score (nSPS) is 10.1. The zero-order valence-corrected chi connectivity index (χ0v) is 16.1. The molecule has 0 bridgehead atoms. The monoisotopic (exact) mass is 389 g/mol. The van der Waals surface area contributed by atoms with Gasteiger partial charge in [0.25, 0.3) is 0 Å². The largest absolute Gasteiger partial charge is 0.457 e. The Kier molecular flexibility index (Phi) is 6.84. The zero-order chi connectivity index (χ0) is 20.5. The minimum atomic E-state index is -0.162. The summed E-state index contributed by atoms with van der Waals surface area (Å²) in [6.07, 6.45) is 0.430. The minimum Gasteiger partial charge on any atom is -0.457 e. The molecular weight excluding hydrogens is 366 g/mol. The van der Waals surface area contributed by atoms with Crippen molar-refractivity contribution in [2.24, 2.45) is 0 Å². The number of carbonyl (C=O) groups excluding carboxylic acids is 2. The Balaban J connectivity index is 1.46. The number of ether oxygens (including phenoxy) is 1. The van der Waals surface area contributed by atoms with Gasteiger partial charge in [-0.15, -0.1) is 0 Å². The second kappa shape index (κ2) is 9.94. The summed E-state index contributed by atoms with van der Waals surface area (Å²) in [4.78, 5) is 23.5. The molecule has 0 heterocycles. The van der Waals surface area contributed by atoms with Gasteiger partial charge in [-0.1, -0.05) is 25.1 Å². The van der Waals surface area contributed by atoms with E-state index in [4.69, 9.17) is 4.74 Å². The van der Waals surface area contributed by atoms with E-state index in [1.54, 1.807) is 43.3 Å². The van der Waals surface area contributed by atoms with Gasteiger partial charge in [-0.25, -0.2) is 0 Å². The molecule has 0 saturated heterocycles. The second-order valence-electron chi connectivity index (χ2n) is 6.32.